The Labute approximate surface area is 118 Å². The molecule has 5 aliphatic rings. The summed E-state index contributed by atoms with van der Waals surface area (Å²) in [5, 5.41) is 3.65. The zero-order valence-corrected chi connectivity index (χ0v) is 12.7. The fourth-order valence-electron chi connectivity index (χ4n) is 6.04. The Morgan fingerprint density at radius 3 is 2.21 bits per heavy atom. The molecular formula is C17H30N2. The van der Waals surface area contributed by atoms with Crippen molar-refractivity contribution in [3.63, 3.8) is 0 Å². The van der Waals surface area contributed by atoms with Gasteiger partial charge in [-0.3, -0.25) is 4.90 Å². The van der Waals surface area contributed by atoms with Gasteiger partial charge in [-0.15, -0.1) is 0 Å². The molecule has 2 heteroatoms. The minimum absolute atomic E-state index is 0.324. The third kappa shape index (κ3) is 2.35. The Kier molecular flexibility index (Phi) is 2.97. The normalized spacial score (nSPS) is 48.6. The molecule has 1 saturated heterocycles. The molecule has 1 aliphatic heterocycles. The second-order valence-electron chi connectivity index (χ2n) is 8.64. The van der Waals surface area contributed by atoms with E-state index in [0.717, 1.165) is 29.6 Å². The second-order valence-corrected chi connectivity index (χ2v) is 8.64. The molecule has 5 rings (SSSR count). The van der Waals surface area contributed by atoms with Crippen molar-refractivity contribution < 1.29 is 0 Å². The molecule has 5 fully saturated rings. The van der Waals surface area contributed by atoms with Crippen LogP contribution >= 0.6 is 0 Å². The van der Waals surface area contributed by atoms with E-state index in [2.05, 4.69) is 24.1 Å². The molecule has 0 radical (unpaired) electrons. The van der Waals surface area contributed by atoms with Crippen molar-refractivity contribution in [2.75, 3.05) is 26.2 Å². The molecule has 1 N–H and O–H groups in total. The summed E-state index contributed by atoms with van der Waals surface area (Å²) in [6, 6.07) is 0. The van der Waals surface area contributed by atoms with E-state index in [9.17, 15) is 0 Å². The van der Waals surface area contributed by atoms with Crippen molar-refractivity contribution in [1.29, 1.82) is 0 Å². The molecule has 0 aromatic rings. The van der Waals surface area contributed by atoms with Gasteiger partial charge >= 0.3 is 0 Å². The average molecular weight is 262 g/mol. The highest BCUT2D eigenvalue weighted by Gasteiger charge is 2.48. The largest absolute Gasteiger partial charge is 0.309 e. The van der Waals surface area contributed by atoms with Gasteiger partial charge in [0.1, 0.15) is 0 Å². The topological polar surface area (TPSA) is 15.3 Å². The van der Waals surface area contributed by atoms with Crippen LogP contribution in [0.15, 0.2) is 0 Å². The lowest BCUT2D eigenvalue weighted by molar-refractivity contribution is -0.0532. The van der Waals surface area contributed by atoms with E-state index in [1.165, 1.54) is 26.2 Å². The van der Waals surface area contributed by atoms with E-state index >= 15 is 0 Å². The highest BCUT2D eigenvalue weighted by Crippen LogP contribution is 2.56. The number of hydrogen-bond donors (Lipinski definition) is 1. The second kappa shape index (κ2) is 4.46. The summed E-state index contributed by atoms with van der Waals surface area (Å²) in [5.41, 5.74) is 0.324. The first kappa shape index (κ1) is 12.6. The number of piperazine rings is 1. The van der Waals surface area contributed by atoms with Crippen molar-refractivity contribution in [3.05, 3.63) is 0 Å². The monoisotopic (exact) mass is 262 g/mol. The summed E-state index contributed by atoms with van der Waals surface area (Å²) in [5.74, 6) is 5.47. The number of hydrogen-bond acceptors (Lipinski definition) is 2. The summed E-state index contributed by atoms with van der Waals surface area (Å²) < 4.78 is 0. The third-order valence-corrected chi connectivity index (χ3v) is 6.54. The zero-order valence-electron chi connectivity index (χ0n) is 12.7. The molecule has 108 valence electrons. The van der Waals surface area contributed by atoms with Crippen LogP contribution in [0.4, 0.5) is 0 Å². The molecule has 19 heavy (non-hydrogen) atoms. The van der Waals surface area contributed by atoms with Gasteiger partial charge in [-0.25, -0.2) is 0 Å². The van der Waals surface area contributed by atoms with Crippen LogP contribution in [0.1, 0.15) is 46.0 Å². The van der Waals surface area contributed by atoms with Crippen LogP contribution in [0.5, 0.6) is 0 Å². The number of nitrogens with zero attached hydrogens (tertiary/aromatic N) is 1. The van der Waals surface area contributed by atoms with Crippen molar-refractivity contribution in [1.82, 2.24) is 10.2 Å². The van der Waals surface area contributed by atoms with Gasteiger partial charge in [0.2, 0.25) is 0 Å². The summed E-state index contributed by atoms with van der Waals surface area (Å²) in [6.45, 7) is 9.81. The molecule has 4 aliphatic carbocycles. The predicted molar refractivity (Wildman–Crippen MR) is 79.1 cm³/mol. The van der Waals surface area contributed by atoms with Crippen LogP contribution in [0, 0.1) is 29.6 Å². The van der Waals surface area contributed by atoms with Gasteiger partial charge in [-0.1, -0.05) is 0 Å². The van der Waals surface area contributed by atoms with Gasteiger partial charge in [0, 0.05) is 31.7 Å². The highest BCUT2D eigenvalue weighted by atomic mass is 15.2. The Balaban J connectivity index is 1.43. The van der Waals surface area contributed by atoms with Gasteiger partial charge < -0.3 is 5.32 Å². The molecule has 0 aromatic heterocycles. The minimum atomic E-state index is 0.324. The van der Waals surface area contributed by atoms with Gasteiger partial charge in [-0.2, -0.15) is 0 Å². The third-order valence-electron chi connectivity index (χ3n) is 6.54. The minimum Gasteiger partial charge on any atom is -0.309 e. The molecule has 4 saturated carbocycles. The molecular weight excluding hydrogens is 232 g/mol. The Hall–Kier alpha value is -0.0800. The molecule has 4 bridgehead atoms. The van der Waals surface area contributed by atoms with Gasteiger partial charge in [0.15, 0.2) is 0 Å². The van der Waals surface area contributed by atoms with Gasteiger partial charge in [0.05, 0.1) is 0 Å². The Bertz CT molecular complexity index is 321. The van der Waals surface area contributed by atoms with E-state index in [-0.39, 0.29) is 0 Å². The first-order chi connectivity index (χ1) is 9.09. The van der Waals surface area contributed by atoms with Crippen LogP contribution in [0.25, 0.3) is 0 Å². The van der Waals surface area contributed by atoms with E-state index < -0.39 is 0 Å². The van der Waals surface area contributed by atoms with Crippen LogP contribution in [0.2, 0.25) is 0 Å². The van der Waals surface area contributed by atoms with Gasteiger partial charge in [-0.05, 0) is 75.5 Å². The Morgan fingerprint density at radius 2 is 1.63 bits per heavy atom. The quantitative estimate of drug-likeness (QED) is 0.823. The molecule has 0 spiro atoms. The first-order valence-corrected chi connectivity index (χ1v) is 8.56. The zero-order chi connectivity index (χ0) is 13.0. The van der Waals surface area contributed by atoms with Crippen molar-refractivity contribution in [3.8, 4) is 0 Å². The Morgan fingerprint density at radius 1 is 1.00 bits per heavy atom. The van der Waals surface area contributed by atoms with E-state index in [1.807, 2.05) is 0 Å². The standard InChI is InChI=1S/C17H30N2/c1-17(2)11-19(4-3-18-17)10-16-14-6-12-5-13(8-14)9-15(16)7-12/h12-16,18H,3-11H2,1-2H3. The average Bonchev–Trinajstić information content (AvgIpc) is 2.31. The van der Waals surface area contributed by atoms with Gasteiger partial charge in [0.25, 0.3) is 0 Å². The van der Waals surface area contributed by atoms with Crippen molar-refractivity contribution >= 4 is 0 Å². The fourth-order valence-corrected chi connectivity index (χ4v) is 6.04. The fraction of sp³-hybridized carbons (Fsp3) is 1.00. The van der Waals surface area contributed by atoms with Crippen molar-refractivity contribution in [2.24, 2.45) is 29.6 Å². The molecule has 0 amide bonds. The van der Waals surface area contributed by atoms with E-state index in [4.69, 9.17) is 0 Å². The first-order valence-electron chi connectivity index (χ1n) is 8.56. The lowest BCUT2D eigenvalue weighted by atomic mass is 9.52. The summed E-state index contributed by atoms with van der Waals surface area (Å²) >= 11 is 0. The van der Waals surface area contributed by atoms with Crippen LogP contribution in [-0.2, 0) is 0 Å². The lowest BCUT2D eigenvalue weighted by Crippen LogP contribution is -2.59. The highest BCUT2D eigenvalue weighted by molar-refractivity contribution is 4.99. The van der Waals surface area contributed by atoms with E-state index in [0.29, 0.717) is 5.54 Å². The van der Waals surface area contributed by atoms with E-state index in [1.54, 1.807) is 32.1 Å². The maximum absolute atomic E-state index is 3.65. The van der Waals surface area contributed by atoms with Crippen LogP contribution < -0.4 is 5.32 Å². The maximum atomic E-state index is 3.65. The molecule has 0 unspecified atom stereocenters. The SMILES string of the molecule is CC1(C)CN(CC2C3CC4CC(C3)CC2C4)CCN1. The molecule has 0 atom stereocenters. The summed E-state index contributed by atoms with van der Waals surface area (Å²) in [4.78, 5) is 2.77. The summed E-state index contributed by atoms with van der Waals surface area (Å²) in [6.07, 6.45) is 7.89. The molecule has 1 heterocycles. The van der Waals surface area contributed by atoms with Crippen molar-refractivity contribution in [2.45, 2.75) is 51.5 Å². The van der Waals surface area contributed by atoms with Crippen LogP contribution in [0.3, 0.4) is 0 Å². The predicted octanol–water partition coefficient (Wildman–Crippen LogP) is 2.74. The number of rotatable bonds is 2. The maximum Gasteiger partial charge on any atom is 0.0252 e. The summed E-state index contributed by atoms with van der Waals surface area (Å²) in [7, 11) is 0. The molecule has 0 aromatic carbocycles. The van der Waals surface area contributed by atoms with Crippen LogP contribution in [-0.4, -0.2) is 36.6 Å². The molecule has 2 nitrogen and oxygen atoms in total. The smallest absolute Gasteiger partial charge is 0.0252 e. The number of nitrogens with one attached hydrogen (secondary N) is 1. The lowest BCUT2D eigenvalue weighted by Gasteiger charge is -2.56.